The van der Waals surface area contributed by atoms with Crippen LogP contribution in [0.25, 0.3) is 0 Å². The SMILES string of the molecule is CC12CCOC([C@H](CO)NC(=O)OCc3ccccc3)(OC1)O2. The standard InChI is InChI=1S/C16H21NO6/c1-15-7-8-21-16(23-15,22-11-15)13(9-18)17-14(19)20-10-12-5-3-2-4-6-12/h2-6,13,18H,7-11H2,1H3,(H,17,19)/t13-,15?,16?/m0/s1. The Morgan fingerprint density at radius 1 is 1.39 bits per heavy atom. The van der Waals surface area contributed by atoms with Gasteiger partial charge >= 0.3 is 12.1 Å². The Morgan fingerprint density at radius 3 is 2.91 bits per heavy atom. The van der Waals surface area contributed by atoms with E-state index >= 15 is 0 Å². The molecule has 23 heavy (non-hydrogen) atoms. The molecular weight excluding hydrogens is 302 g/mol. The van der Waals surface area contributed by atoms with Crippen LogP contribution in [0.3, 0.4) is 0 Å². The molecule has 1 amide bonds. The number of alkyl carbamates (subject to hydrolysis) is 1. The largest absolute Gasteiger partial charge is 0.445 e. The molecule has 2 fully saturated rings. The fourth-order valence-corrected chi connectivity index (χ4v) is 2.68. The molecule has 0 aliphatic carbocycles. The highest BCUT2D eigenvalue weighted by Gasteiger charge is 2.57. The van der Waals surface area contributed by atoms with Gasteiger partial charge < -0.3 is 29.4 Å². The molecule has 1 aromatic rings. The molecule has 3 atom stereocenters. The molecule has 2 heterocycles. The van der Waals surface area contributed by atoms with E-state index in [-0.39, 0.29) is 6.61 Å². The normalized spacial score (nSPS) is 30.7. The Kier molecular flexibility index (Phi) is 4.54. The van der Waals surface area contributed by atoms with Crippen molar-refractivity contribution in [3.8, 4) is 0 Å². The van der Waals surface area contributed by atoms with Gasteiger partial charge in [0.15, 0.2) is 0 Å². The molecule has 2 unspecified atom stereocenters. The van der Waals surface area contributed by atoms with Gasteiger partial charge in [-0.1, -0.05) is 30.3 Å². The Morgan fingerprint density at radius 2 is 2.17 bits per heavy atom. The Labute approximate surface area is 134 Å². The lowest BCUT2D eigenvalue weighted by atomic mass is 10.0. The van der Waals surface area contributed by atoms with Crippen molar-refractivity contribution in [2.75, 3.05) is 19.8 Å². The van der Waals surface area contributed by atoms with E-state index in [9.17, 15) is 9.90 Å². The van der Waals surface area contributed by atoms with Crippen LogP contribution in [0.15, 0.2) is 30.3 Å². The fourth-order valence-electron chi connectivity index (χ4n) is 2.68. The molecule has 0 aromatic heterocycles. The van der Waals surface area contributed by atoms with Gasteiger partial charge in [-0.25, -0.2) is 4.79 Å². The zero-order valence-electron chi connectivity index (χ0n) is 13.0. The van der Waals surface area contributed by atoms with Gasteiger partial charge in [0.05, 0.1) is 25.4 Å². The number of nitrogens with one attached hydrogen (secondary N) is 1. The molecule has 2 saturated heterocycles. The number of rotatable bonds is 5. The van der Waals surface area contributed by atoms with Crippen molar-refractivity contribution in [1.82, 2.24) is 5.32 Å². The van der Waals surface area contributed by atoms with Crippen LogP contribution in [0.4, 0.5) is 4.79 Å². The number of carbonyl (C=O) groups excluding carboxylic acids is 1. The maximum atomic E-state index is 12.0. The minimum absolute atomic E-state index is 0.137. The highest BCUT2D eigenvalue weighted by atomic mass is 16.9. The molecule has 2 bridgehead atoms. The van der Waals surface area contributed by atoms with Crippen LogP contribution < -0.4 is 5.32 Å². The van der Waals surface area contributed by atoms with Crippen molar-refractivity contribution in [2.45, 2.75) is 37.6 Å². The van der Waals surface area contributed by atoms with Crippen LogP contribution in [0.5, 0.6) is 0 Å². The first-order valence-corrected chi connectivity index (χ1v) is 7.61. The summed E-state index contributed by atoms with van der Waals surface area (Å²) in [5.41, 5.74) is 0.414. The van der Waals surface area contributed by atoms with Crippen molar-refractivity contribution in [2.24, 2.45) is 0 Å². The Balaban J connectivity index is 1.58. The molecular formula is C16H21NO6. The fraction of sp³-hybridized carbons (Fsp3) is 0.562. The van der Waals surface area contributed by atoms with E-state index in [1.165, 1.54) is 0 Å². The summed E-state index contributed by atoms with van der Waals surface area (Å²) in [6.45, 7) is 2.45. The number of aliphatic hydroxyl groups is 1. The molecule has 7 heteroatoms. The third-order valence-corrected chi connectivity index (χ3v) is 4.02. The number of benzene rings is 1. The minimum atomic E-state index is -1.45. The first-order valence-electron chi connectivity index (χ1n) is 7.61. The molecule has 3 rings (SSSR count). The summed E-state index contributed by atoms with van der Waals surface area (Å²) < 4.78 is 22.1. The minimum Gasteiger partial charge on any atom is -0.445 e. The summed E-state index contributed by atoms with van der Waals surface area (Å²) in [4.78, 5) is 12.0. The quantitative estimate of drug-likeness (QED) is 0.845. The third kappa shape index (κ3) is 3.48. The molecule has 2 aliphatic heterocycles. The van der Waals surface area contributed by atoms with Gasteiger partial charge in [0.2, 0.25) is 0 Å². The highest BCUT2D eigenvalue weighted by Crippen LogP contribution is 2.41. The van der Waals surface area contributed by atoms with Crippen molar-refractivity contribution in [3.05, 3.63) is 35.9 Å². The number of carbonyl (C=O) groups is 1. The van der Waals surface area contributed by atoms with Gasteiger partial charge in [-0.15, -0.1) is 0 Å². The number of amides is 1. The highest BCUT2D eigenvalue weighted by molar-refractivity contribution is 5.67. The average Bonchev–Trinajstić information content (AvgIpc) is 2.81. The number of hydrogen-bond acceptors (Lipinski definition) is 6. The molecule has 0 saturated carbocycles. The number of hydrogen-bond donors (Lipinski definition) is 2. The van der Waals surface area contributed by atoms with Crippen molar-refractivity contribution >= 4 is 6.09 Å². The number of ether oxygens (including phenoxy) is 4. The second-order valence-electron chi connectivity index (χ2n) is 5.98. The smallest absolute Gasteiger partial charge is 0.408 e. The monoisotopic (exact) mass is 323 g/mol. The maximum absolute atomic E-state index is 12.0. The van der Waals surface area contributed by atoms with Gasteiger partial charge in [-0.05, 0) is 12.5 Å². The zero-order valence-corrected chi connectivity index (χ0v) is 13.0. The van der Waals surface area contributed by atoms with E-state index in [1.807, 2.05) is 37.3 Å². The van der Waals surface area contributed by atoms with Gasteiger partial charge in [-0.2, -0.15) is 0 Å². The number of fused-ring (bicyclic) bond motifs is 2. The predicted molar refractivity (Wildman–Crippen MR) is 79.4 cm³/mol. The summed E-state index contributed by atoms with van der Waals surface area (Å²) in [5.74, 6) is -1.45. The first-order chi connectivity index (χ1) is 11.1. The third-order valence-electron chi connectivity index (χ3n) is 4.02. The van der Waals surface area contributed by atoms with E-state index < -0.39 is 30.3 Å². The second-order valence-corrected chi connectivity index (χ2v) is 5.98. The second kappa shape index (κ2) is 6.45. The molecule has 7 nitrogen and oxygen atoms in total. The van der Waals surface area contributed by atoms with Crippen LogP contribution in [0.1, 0.15) is 18.9 Å². The van der Waals surface area contributed by atoms with Gasteiger partial charge in [0, 0.05) is 6.42 Å². The van der Waals surface area contributed by atoms with Gasteiger partial charge in [0.25, 0.3) is 0 Å². The van der Waals surface area contributed by atoms with Crippen LogP contribution >= 0.6 is 0 Å². The van der Waals surface area contributed by atoms with Crippen molar-refractivity contribution in [1.29, 1.82) is 0 Å². The van der Waals surface area contributed by atoms with E-state index in [2.05, 4.69) is 5.32 Å². The van der Waals surface area contributed by atoms with Crippen molar-refractivity contribution in [3.63, 3.8) is 0 Å². The van der Waals surface area contributed by atoms with Crippen LogP contribution in [-0.4, -0.2) is 48.6 Å². The average molecular weight is 323 g/mol. The molecule has 126 valence electrons. The lowest BCUT2D eigenvalue weighted by Crippen LogP contribution is -2.59. The predicted octanol–water partition coefficient (Wildman–Crippen LogP) is 1.15. The molecule has 0 radical (unpaired) electrons. The molecule has 0 spiro atoms. The van der Waals surface area contributed by atoms with Gasteiger partial charge in [0.1, 0.15) is 12.6 Å². The lowest BCUT2D eigenvalue weighted by Gasteiger charge is -2.39. The first kappa shape index (κ1) is 16.2. The van der Waals surface area contributed by atoms with E-state index in [0.717, 1.165) is 5.56 Å². The van der Waals surface area contributed by atoms with Crippen LogP contribution in [0, 0.1) is 0 Å². The van der Waals surface area contributed by atoms with E-state index in [4.69, 9.17) is 18.9 Å². The van der Waals surface area contributed by atoms with Crippen LogP contribution in [-0.2, 0) is 25.6 Å². The van der Waals surface area contributed by atoms with Crippen molar-refractivity contribution < 1.29 is 28.8 Å². The zero-order chi connectivity index (χ0) is 16.3. The summed E-state index contributed by atoms with van der Waals surface area (Å²) in [6.07, 6.45) is 0.0305. The summed E-state index contributed by atoms with van der Waals surface area (Å²) in [6, 6.07) is 8.46. The van der Waals surface area contributed by atoms with Gasteiger partial charge in [-0.3, -0.25) is 0 Å². The molecule has 2 aliphatic rings. The lowest BCUT2D eigenvalue weighted by molar-refractivity contribution is -0.380. The van der Waals surface area contributed by atoms with Crippen LogP contribution in [0.2, 0.25) is 0 Å². The summed E-state index contributed by atoms with van der Waals surface area (Å²) in [7, 11) is 0. The summed E-state index contributed by atoms with van der Waals surface area (Å²) >= 11 is 0. The number of aliphatic hydroxyl groups excluding tert-OH is 1. The Hall–Kier alpha value is -1.67. The van der Waals surface area contributed by atoms with E-state index in [1.54, 1.807) is 0 Å². The maximum Gasteiger partial charge on any atom is 0.408 e. The Bertz CT molecular complexity index is 553. The molecule has 2 N–H and O–H groups in total. The van der Waals surface area contributed by atoms with E-state index in [0.29, 0.717) is 19.6 Å². The topological polar surface area (TPSA) is 86.3 Å². The summed E-state index contributed by atoms with van der Waals surface area (Å²) in [5, 5.41) is 12.2. The molecule has 1 aromatic carbocycles.